The molecule has 1 aromatic rings. The third kappa shape index (κ3) is 5.53. The molecule has 0 radical (unpaired) electrons. The van der Waals surface area contributed by atoms with E-state index in [1.807, 2.05) is 22.6 Å². The van der Waals surface area contributed by atoms with Crippen LogP contribution >= 0.6 is 67.8 Å². The lowest BCUT2D eigenvalue weighted by atomic mass is 10.1. The van der Waals surface area contributed by atoms with E-state index in [9.17, 15) is 15.0 Å². The summed E-state index contributed by atoms with van der Waals surface area (Å²) in [5.41, 5.74) is -0.0802. The molecule has 0 saturated carbocycles. The molecule has 0 aliphatic heterocycles. The average molecular weight is 644 g/mol. The molecule has 0 bridgehead atoms. The van der Waals surface area contributed by atoms with Gasteiger partial charge in [-0.15, -0.1) is 0 Å². The number of aromatic hydroxyl groups is 1. The van der Waals surface area contributed by atoms with Gasteiger partial charge in [0.25, 0.3) is 0 Å². The molecule has 1 rings (SSSR count). The highest BCUT2D eigenvalue weighted by Gasteiger charge is 2.25. The van der Waals surface area contributed by atoms with Crippen molar-refractivity contribution >= 4 is 73.7 Å². The number of aromatic carboxylic acids is 1. The summed E-state index contributed by atoms with van der Waals surface area (Å²) in [7, 11) is 0. The lowest BCUT2D eigenvalue weighted by Gasteiger charge is -2.15. The molecular weight excluding hydrogens is 625 g/mol. The van der Waals surface area contributed by atoms with Gasteiger partial charge in [0.15, 0.2) is 11.5 Å². The fourth-order valence-electron chi connectivity index (χ4n) is 2.01. The van der Waals surface area contributed by atoms with E-state index in [1.165, 1.54) is 25.7 Å². The number of carboxylic acid groups (broad SMARTS) is 1. The van der Waals surface area contributed by atoms with E-state index in [4.69, 9.17) is 4.74 Å². The first-order valence-corrected chi connectivity index (χ1v) is 10.4. The van der Waals surface area contributed by atoms with Crippen LogP contribution in [0.4, 0.5) is 0 Å². The zero-order valence-corrected chi connectivity index (χ0v) is 18.8. The first-order chi connectivity index (χ1) is 10.4. The topological polar surface area (TPSA) is 66.8 Å². The van der Waals surface area contributed by atoms with Gasteiger partial charge in [0.1, 0.15) is 5.56 Å². The molecular formula is C15H19I3O4. The van der Waals surface area contributed by atoms with Crippen LogP contribution in [0.3, 0.4) is 0 Å². The maximum absolute atomic E-state index is 11.3. The predicted molar refractivity (Wildman–Crippen MR) is 112 cm³/mol. The van der Waals surface area contributed by atoms with E-state index in [2.05, 4.69) is 52.1 Å². The van der Waals surface area contributed by atoms with Crippen molar-refractivity contribution in [2.45, 2.75) is 45.4 Å². The van der Waals surface area contributed by atoms with Gasteiger partial charge < -0.3 is 14.9 Å². The Labute approximate surface area is 171 Å². The van der Waals surface area contributed by atoms with Gasteiger partial charge in [-0.3, -0.25) is 0 Å². The van der Waals surface area contributed by atoms with Crippen LogP contribution in [-0.4, -0.2) is 22.8 Å². The van der Waals surface area contributed by atoms with E-state index in [1.54, 1.807) is 0 Å². The molecule has 22 heavy (non-hydrogen) atoms. The quantitative estimate of drug-likeness (QED) is 0.208. The van der Waals surface area contributed by atoms with Gasteiger partial charge in [-0.2, -0.15) is 0 Å². The first-order valence-electron chi connectivity index (χ1n) is 7.17. The molecule has 0 aliphatic rings. The number of carboxylic acids is 1. The van der Waals surface area contributed by atoms with Crippen LogP contribution in [0.5, 0.6) is 11.5 Å². The summed E-state index contributed by atoms with van der Waals surface area (Å²) in [5, 5.41) is 19.5. The van der Waals surface area contributed by atoms with Crippen molar-refractivity contribution in [3.05, 3.63) is 16.3 Å². The molecule has 124 valence electrons. The molecule has 1 aromatic carbocycles. The minimum absolute atomic E-state index is 0.0802. The minimum atomic E-state index is -1.14. The first kappa shape index (κ1) is 20.5. The molecule has 0 aliphatic carbocycles. The monoisotopic (exact) mass is 644 g/mol. The lowest BCUT2D eigenvalue weighted by molar-refractivity contribution is 0.0691. The maximum Gasteiger partial charge on any atom is 0.340 e. The number of hydrogen-bond acceptors (Lipinski definition) is 3. The fourth-order valence-corrected chi connectivity index (χ4v) is 4.48. The van der Waals surface area contributed by atoms with Crippen molar-refractivity contribution < 1.29 is 19.7 Å². The Morgan fingerprint density at radius 2 is 1.59 bits per heavy atom. The van der Waals surface area contributed by atoms with Crippen LogP contribution < -0.4 is 4.74 Å². The van der Waals surface area contributed by atoms with E-state index >= 15 is 0 Å². The van der Waals surface area contributed by atoms with Crippen molar-refractivity contribution in [1.29, 1.82) is 0 Å². The van der Waals surface area contributed by atoms with Crippen LogP contribution in [-0.2, 0) is 0 Å². The Kier molecular flexibility index (Phi) is 9.67. The molecule has 0 unspecified atom stereocenters. The van der Waals surface area contributed by atoms with Crippen molar-refractivity contribution in [3.8, 4) is 11.5 Å². The smallest absolute Gasteiger partial charge is 0.340 e. The highest BCUT2D eigenvalue weighted by Crippen LogP contribution is 2.41. The Balaban J connectivity index is 2.73. The summed E-state index contributed by atoms with van der Waals surface area (Å²) in [5.74, 6) is -1.12. The van der Waals surface area contributed by atoms with Crippen molar-refractivity contribution in [2.24, 2.45) is 0 Å². The maximum atomic E-state index is 11.3. The number of hydrogen-bond donors (Lipinski definition) is 2. The second kappa shape index (κ2) is 10.4. The van der Waals surface area contributed by atoms with Gasteiger partial charge >= 0.3 is 5.97 Å². The molecule has 0 spiro atoms. The van der Waals surface area contributed by atoms with E-state index in [0.29, 0.717) is 10.2 Å². The number of rotatable bonds is 9. The number of benzene rings is 1. The second-order valence-electron chi connectivity index (χ2n) is 4.92. The van der Waals surface area contributed by atoms with Gasteiger partial charge in [0.2, 0.25) is 0 Å². The van der Waals surface area contributed by atoms with Crippen LogP contribution in [0, 0.1) is 10.7 Å². The van der Waals surface area contributed by atoms with Gasteiger partial charge in [0, 0.05) is 7.14 Å². The Hall–Kier alpha value is 0.480. The lowest BCUT2D eigenvalue weighted by Crippen LogP contribution is -2.08. The SMILES string of the molecule is CCCCCCCCOc1c(O)c(C(=O)O)c(I)c(I)c1I. The summed E-state index contributed by atoms with van der Waals surface area (Å²) in [6, 6.07) is 0. The largest absolute Gasteiger partial charge is 0.504 e. The van der Waals surface area contributed by atoms with Gasteiger partial charge in [-0.1, -0.05) is 39.0 Å². The van der Waals surface area contributed by atoms with E-state index in [-0.39, 0.29) is 17.1 Å². The van der Waals surface area contributed by atoms with E-state index in [0.717, 1.165) is 20.0 Å². The van der Waals surface area contributed by atoms with Crippen molar-refractivity contribution in [3.63, 3.8) is 0 Å². The van der Waals surface area contributed by atoms with Gasteiger partial charge in [0.05, 0.1) is 10.2 Å². The number of unbranched alkanes of at least 4 members (excludes halogenated alkanes) is 5. The predicted octanol–water partition coefficient (Wildman–Crippen LogP) is 5.64. The summed E-state index contributed by atoms with van der Waals surface area (Å²) < 4.78 is 7.77. The van der Waals surface area contributed by atoms with Crippen LogP contribution in [0.2, 0.25) is 0 Å². The highest BCUT2D eigenvalue weighted by molar-refractivity contribution is 14.1. The number of halogens is 3. The molecule has 0 aromatic heterocycles. The number of ether oxygens (including phenoxy) is 1. The van der Waals surface area contributed by atoms with Crippen LogP contribution in [0.25, 0.3) is 0 Å². The second-order valence-corrected chi connectivity index (χ2v) is 8.15. The molecule has 2 N–H and O–H groups in total. The van der Waals surface area contributed by atoms with Crippen LogP contribution in [0.15, 0.2) is 0 Å². The summed E-state index contributed by atoms with van der Waals surface area (Å²) in [6.45, 7) is 2.68. The standard InChI is InChI=1S/C15H19I3O4/c1-2-3-4-5-6-7-8-22-14-12(18)11(17)10(16)9(13(14)19)15(20)21/h19H,2-8H2,1H3,(H,20,21). The Morgan fingerprint density at radius 1 is 1.00 bits per heavy atom. The number of carbonyl (C=O) groups is 1. The summed E-state index contributed by atoms with van der Waals surface area (Å²) in [4.78, 5) is 11.3. The van der Waals surface area contributed by atoms with Crippen molar-refractivity contribution in [2.75, 3.05) is 6.61 Å². The third-order valence-corrected chi connectivity index (χ3v) is 8.47. The molecule has 0 heterocycles. The summed E-state index contributed by atoms with van der Waals surface area (Å²) >= 11 is 6.11. The number of phenols is 1. The average Bonchev–Trinajstić information content (AvgIpc) is 2.47. The minimum Gasteiger partial charge on any atom is -0.504 e. The zero-order chi connectivity index (χ0) is 16.7. The van der Waals surface area contributed by atoms with Crippen molar-refractivity contribution in [1.82, 2.24) is 0 Å². The zero-order valence-electron chi connectivity index (χ0n) is 12.3. The Bertz CT molecular complexity index is 532. The fraction of sp³-hybridized carbons (Fsp3) is 0.533. The van der Waals surface area contributed by atoms with E-state index < -0.39 is 5.97 Å². The highest BCUT2D eigenvalue weighted by atomic mass is 127. The molecule has 7 heteroatoms. The molecule has 0 fully saturated rings. The normalized spacial score (nSPS) is 10.7. The molecule has 0 saturated heterocycles. The van der Waals surface area contributed by atoms with Gasteiger partial charge in [-0.05, 0) is 74.2 Å². The molecule has 0 atom stereocenters. The van der Waals surface area contributed by atoms with Gasteiger partial charge in [-0.25, -0.2) is 4.79 Å². The third-order valence-electron chi connectivity index (χ3n) is 3.21. The summed E-state index contributed by atoms with van der Waals surface area (Å²) in [6.07, 6.45) is 6.90. The molecule has 4 nitrogen and oxygen atoms in total. The van der Waals surface area contributed by atoms with Crippen LogP contribution in [0.1, 0.15) is 55.8 Å². The Morgan fingerprint density at radius 3 is 2.18 bits per heavy atom. The molecule has 0 amide bonds.